The Hall–Kier alpha value is -0.610. The predicted molar refractivity (Wildman–Crippen MR) is 57.8 cm³/mol. The summed E-state index contributed by atoms with van der Waals surface area (Å²) in [7, 11) is 0. The Morgan fingerprint density at radius 3 is 2.69 bits per heavy atom. The Morgan fingerprint density at radius 2 is 2.12 bits per heavy atom. The molecule has 0 radical (unpaired) electrons. The molecule has 90 valence electrons. The van der Waals surface area contributed by atoms with E-state index >= 15 is 0 Å². The minimum atomic E-state index is -0.549. The van der Waals surface area contributed by atoms with Crippen LogP contribution < -0.4 is 0 Å². The lowest BCUT2D eigenvalue weighted by atomic mass is 9.88. The molecule has 1 aliphatic carbocycles. The molecule has 1 atom stereocenters. The van der Waals surface area contributed by atoms with E-state index in [1.807, 2.05) is 0 Å². The van der Waals surface area contributed by atoms with Crippen molar-refractivity contribution in [2.75, 3.05) is 19.7 Å². The molecule has 3 fully saturated rings. The molecule has 2 aliphatic heterocycles. The van der Waals surface area contributed by atoms with E-state index < -0.39 is 5.60 Å². The lowest BCUT2D eigenvalue weighted by Crippen LogP contribution is -2.64. The van der Waals surface area contributed by atoms with Gasteiger partial charge in [-0.1, -0.05) is 0 Å². The van der Waals surface area contributed by atoms with Crippen molar-refractivity contribution < 1.29 is 14.6 Å². The number of amides is 1. The van der Waals surface area contributed by atoms with Gasteiger partial charge in [0, 0.05) is 6.61 Å². The van der Waals surface area contributed by atoms with Gasteiger partial charge in [0.1, 0.15) is 5.60 Å². The minimum absolute atomic E-state index is 0.127. The van der Waals surface area contributed by atoms with E-state index in [0.717, 1.165) is 32.3 Å². The zero-order valence-corrected chi connectivity index (χ0v) is 9.52. The highest BCUT2D eigenvalue weighted by Gasteiger charge is 2.53. The van der Waals surface area contributed by atoms with E-state index in [1.54, 1.807) is 4.90 Å². The van der Waals surface area contributed by atoms with Crippen molar-refractivity contribution in [3.63, 3.8) is 0 Å². The van der Waals surface area contributed by atoms with E-state index in [0.29, 0.717) is 25.4 Å². The minimum Gasteiger partial charge on any atom is -0.386 e. The topological polar surface area (TPSA) is 49.8 Å². The number of rotatable bonds is 3. The monoisotopic (exact) mass is 225 g/mol. The number of nitrogens with zero attached hydrogens (tertiary/aromatic N) is 1. The fraction of sp³-hybridized carbons (Fsp3) is 0.917. The molecule has 0 aromatic carbocycles. The predicted octanol–water partition coefficient (Wildman–Crippen LogP) is 0.539. The van der Waals surface area contributed by atoms with Crippen molar-refractivity contribution in [3.05, 3.63) is 0 Å². The lowest BCUT2D eigenvalue weighted by molar-refractivity contribution is -0.161. The van der Waals surface area contributed by atoms with Gasteiger partial charge in [-0.3, -0.25) is 4.79 Å². The number of ether oxygens (including phenoxy) is 1. The molecule has 1 amide bonds. The van der Waals surface area contributed by atoms with Gasteiger partial charge in [0.15, 0.2) is 0 Å². The van der Waals surface area contributed by atoms with Crippen LogP contribution >= 0.6 is 0 Å². The number of carbonyl (C=O) groups excluding carboxylic acids is 1. The van der Waals surface area contributed by atoms with E-state index in [2.05, 4.69) is 0 Å². The van der Waals surface area contributed by atoms with Crippen molar-refractivity contribution >= 4 is 5.91 Å². The van der Waals surface area contributed by atoms with Crippen LogP contribution in [0.5, 0.6) is 0 Å². The molecular formula is C12H19NO3. The molecular weight excluding hydrogens is 206 g/mol. The van der Waals surface area contributed by atoms with E-state index in [1.165, 1.54) is 0 Å². The maximum Gasteiger partial charge on any atom is 0.225 e. The van der Waals surface area contributed by atoms with Gasteiger partial charge in [0.05, 0.1) is 25.6 Å². The first kappa shape index (κ1) is 10.5. The molecule has 3 rings (SSSR count). The van der Waals surface area contributed by atoms with Crippen LogP contribution in [0.1, 0.15) is 32.1 Å². The van der Waals surface area contributed by atoms with Crippen LogP contribution in [0, 0.1) is 5.92 Å². The zero-order chi connectivity index (χ0) is 11.2. The molecule has 0 aromatic heterocycles. The molecule has 3 aliphatic rings. The van der Waals surface area contributed by atoms with Gasteiger partial charge in [-0.2, -0.15) is 0 Å². The molecule has 0 spiro atoms. The highest BCUT2D eigenvalue weighted by molar-refractivity contribution is 5.78. The maximum atomic E-state index is 11.8. The van der Waals surface area contributed by atoms with Gasteiger partial charge in [-0.05, 0) is 31.6 Å². The zero-order valence-electron chi connectivity index (χ0n) is 9.52. The summed E-state index contributed by atoms with van der Waals surface area (Å²) in [6, 6.07) is 0. The SMILES string of the molecule is O=C(CC1CCCO1)N1CC(O)(C2CC2)C1. The van der Waals surface area contributed by atoms with Crippen molar-refractivity contribution in [2.45, 2.75) is 43.8 Å². The highest BCUT2D eigenvalue weighted by Crippen LogP contribution is 2.44. The molecule has 1 N–H and O–H groups in total. The number of hydrogen-bond donors (Lipinski definition) is 1. The molecule has 4 nitrogen and oxygen atoms in total. The lowest BCUT2D eigenvalue weighted by Gasteiger charge is -2.47. The number of β-amino-alcohol motifs (C(OH)–C–C–N with tert-alkyl or cyclic N) is 1. The number of likely N-dealkylation sites (tertiary alicyclic amines) is 1. The second-order valence-corrected chi connectivity index (χ2v) is 5.47. The Bertz CT molecular complexity index is 289. The van der Waals surface area contributed by atoms with E-state index in [4.69, 9.17) is 4.74 Å². The third kappa shape index (κ3) is 1.84. The van der Waals surface area contributed by atoms with Crippen LogP contribution in [0.4, 0.5) is 0 Å². The Kier molecular flexibility index (Phi) is 2.44. The van der Waals surface area contributed by atoms with E-state index in [-0.39, 0.29) is 12.0 Å². The summed E-state index contributed by atoms with van der Waals surface area (Å²) in [6.07, 6.45) is 4.97. The highest BCUT2D eigenvalue weighted by atomic mass is 16.5. The normalized spacial score (nSPS) is 32.6. The van der Waals surface area contributed by atoms with Gasteiger partial charge in [-0.15, -0.1) is 0 Å². The summed E-state index contributed by atoms with van der Waals surface area (Å²) >= 11 is 0. The van der Waals surface area contributed by atoms with Crippen LogP contribution in [0.25, 0.3) is 0 Å². The van der Waals surface area contributed by atoms with Crippen molar-refractivity contribution in [1.29, 1.82) is 0 Å². The largest absolute Gasteiger partial charge is 0.386 e. The van der Waals surface area contributed by atoms with Crippen molar-refractivity contribution in [1.82, 2.24) is 4.90 Å². The third-order valence-corrected chi connectivity index (χ3v) is 4.05. The second kappa shape index (κ2) is 3.70. The molecule has 1 saturated carbocycles. The number of aliphatic hydroxyl groups is 1. The molecule has 2 heterocycles. The first-order valence-corrected chi connectivity index (χ1v) is 6.29. The fourth-order valence-electron chi connectivity index (χ4n) is 2.80. The summed E-state index contributed by atoms with van der Waals surface area (Å²) < 4.78 is 5.44. The first-order chi connectivity index (χ1) is 7.67. The second-order valence-electron chi connectivity index (χ2n) is 5.47. The number of hydrogen-bond acceptors (Lipinski definition) is 3. The Balaban J connectivity index is 1.46. The van der Waals surface area contributed by atoms with E-state index in [9.17, 15) is 9.90 Å². The smallest absolute Gasteiger partial charge is 0.225 e. The Morgan fingerprint density at radius 1 is 1.38 bits per heavy atom. The van der Waals surface area contributed by atoms with Gasteiger partial charge in [0.2, 0.25) is 5.91 Å². The van der Waals surface area contributed by atoms with Crippen LogP contribution in [0.15, 0.2) is 0 Å². The molecule has 4 heteroatoms. The molecule has 16 heavy (non-hydrogen) atoms. The summed E-state index contributed by atoms with van der Waals surface area (Å²) in [5.41, 5.74) is -0.549. The molecule has 0 bridgehead atoms. The summed E-state index contributed by atoms with van der Waals surface area (Å²) in [4.78, 5) is 13.6. The average molecular weight is 225 g/mol. The molecule has 1 unspecified atom stereocenters. The molecule has 2 saturated heterocycles. The summed E-state index contributed by atoms with van der Waals surface area (Å²) in [5.74, 6) is 0.608. The van der Waals surface area contributed by atoms with Crippen LogP contribution in [0.3, 0.4) is 0 Å². The third-order valence-electron chi connectivity index (χ3n) is 4.05. The van der Waals surface area contributed by atoms with Crippen LogP contribution in [-0.4, -0.2) is 47.3 Å². The van der Waals surface area contributed by atoms with Gasteiger partial charge < -0.3 is 14.7 Å². The van der Waals surface area contributed by atoms with Crippen molar-refractivity contribution in [3.8, 4) is 0 Å². The van der Waals surface area contributed by atoms with Gasteiger partial charge in [-0.25, -0.2) is 0 Å². The maximum absolute atomic E-state index is 11.8. The summed E-state index contributed by atoms with van der Waals surface area (Å²) in [5, 5.41) is 10.1. The quantitative estimate of drug-likeness (QED) is 0.762. The summed E-state index contributed by atoms with van der Waals surface area (Å²) in [6.45, 7) is 1.89. The van der Waals surface area contributed by atoms with Crippen LogP contribution in [-0.2, 0) is 9.53 Å². The van der Waals surface area contributed by atoms with Gasteiger partial charge >= 0.3 is 0 Å². The molecule has 0 aromatic rings. The van der Waals surface area contributed by atoms with Crippen LogP contribution in [0.2, 0.25) is 0 Å². The Labute approximate surface area is 95.6 Å². The number of carbonyl (C=O) groups is 1. The van der Waals surface area contributed by atoms with Gasteiger partial charge in [0.25, 0.3) is 0 Å². The first-order valence-electron chi connectivity index (χ1n) is 6.29. The standard InChI is InChI=1S/C12H19NO3/c14-11(6-10-2-1-5-16-10)13-7-12(15,8-13)9-3-4-9/h9-10,15H,1-8H2. The average Bonchev–Trinajstić information content (AvgIpc) is 2.94. The fourth-order valence-corrected chi connectivity index (χ4v) is 2.80. The van der Waals surface area contributed by atoms with Crippen molar-refractivity contribution in [2.24, 2.45) is 5.92 Å².